The third-order valence-corrected chi connectivity index (χ3v) is 5.59. The first kappa shape index (κ1) is 20.2. The summed E-state index contributed by atoms with van der Waals surface area (Å²) in [5.74, 6) is 0.959. The lowest BCUT2D eigenvalue weighted by atomic mass is 10.0. The van der Waals surface area contributed by atoms with E-state index >= 15 is 0 Å². The summed E-state index contributed by atoms with van der Waals surface area (Å²) in [4.78, 5) is 17.1. The number of carbonyl (C=O) groups is 1. The second-order valence-corrected chi connectivity index (χ2v) is 7.59. The lowest BCUT2D eigenvalue weighted by Crippen LogP contribution is -2.49. The number of nitrogens with zero attached hydrogens (tertiary/aromatic N) is 2. The van der Waals surface area contributed by atoms with Gasteiger partial charge in [-0.3, -0.25) is 9.69 Å². The molecule has 3 rings (SSSR count). The van der Waals surface area contributed by atoms with Crippen LogP contribution in [0.25, 0.3) is 0 Å². The lowest BCUT2D eigenvalue weighted by molar-refractivity contribution is -0.123. The smallest absolute Gasteiger partial charge is 0.234 e. The van der Waals surface area contributed by atoms with Crippen LogP contribution in [0.5, 0.6) is 5.75 Å². The highest BCUT2D eigenvalue weighted by molar-refractivity contribution is 5.78. The van der Waals surface area contributed by atoms with Gasteiger partial charge in [0.05, 0.1) is 19.7 Å². The van der Waals surface area contributed by atoms with Crippen molar-refractivity contribution < 1.29 is 9.53 Å². The van der Waals surface area contributed by atoms with Gasteiger partial charge in [0.2, 0.25) is 5.91 Å². The van der Waals surface area contributed by atoms with E-state index in [1.165, 1.54) is 16.8 Å². The molecule has 1 fully saturated rings. The van der Waals surface area contributed by atoms with Crippen LogP contribution in [0, 0.1) is 13.8 Å². The average Bonchev–Trinajstić information content (AvgIpc) is 2.70. The summed E-state index contributed by atoms with van der Waals surface area (Å²) in [5, 5.41) is 3.14. The maximum absolute atomic E-state index is 12.5. The number of benzene rings is 2. The molecule has 0 bridgehead atoms. The summed E-state index contributed by atoms with van der Waals surface area (Å²) in [6.07, 6.45) is 0. The first-order valence-electron chi connectivity index (χ1n) is 9.94. The van der Waals surface area contributed by atoms with Crippen LogP contribution in [0.1, 0.15) is 29.7 Å². The fraction of sp³-hybridized carbons (Fsp3) is 0.435. The van der Waals surface area contributed by atoms with Crippen LogP contribution in [0.3, 0.4) is 0 Å². The Hall–Kier alpha value is -2.53. The van der Waals surface area contributed by atoms with Gasteiger partial charge in [-0.25, -0.2) is 0 Å². The van der Waals surface area contributed by atoms with E-state index in [9.17, 15) is 4.79 Å². The topological polar surface area (TPSA) is 44.8 Å². The Morgan fingerprint density at radius 1 is 1.04 bits per heavy atom. The predicted octanol–water partition coefficient (Wildman–Crippen LogP) is 3.31. The number of hydrogen-bond donors (Lipinski definition) is 1. The highest BCUT2D eigenvalue weighted by atomic mass is 16.5. The highest BCUT2D eigenvalue weighted by Crippen LogP contribution is 2.21. The molecular weight excluding hydrogens is 350 g/mol. The lowest BCUT2D eigenvalue weighted by Gasteiger charge is -2.36. The molecule has 2 aromatic carbocycles. The van der Waals surface area contributed by atoms with Crippen LogP contribution in [0.4, 0.5) is 5.69 Å². The Morgan fingerprint density at radius 2 is 1.71 bits per heavy atom. The molecule has 0 saturated carbocycles. The molecule has 0 spiro atoms. The number of aryl methyl sites for hydroxylation is 2. The summed E-state index contributed by atoms with van der Waals surface area (Å²) in [7, 11) is 1.68. The first-order chi connectivity index (χ1) is 13.5. The maximum Gasteiger partial charge on any atom is 0.234 e. The molecule has 1 aliphatic heterocycles. The summed E-state index contributed by atoms with van der Waals surface area (Å²) < 4.78 is 5.22. The van der Waals surface area contributed by atoms with E-state index in [1.54, 1.807) is 7.11 Å². The Balaban J connectivity index is 1.47. The molecule has 1 heterocycles. The van der Waals surface area contributed by atoms with Gasteiger partial charge in [-0.2, -0.15) is 0 Å². The van der Waals surface area contributed by atoms with Crippen molar-refractivity contribution in [1.82, 2.24) is 10.2 Å². The number of nitrogens with one attached hydrogen (secondary N) is 1. The number of methoxy groups -OCH3 is 1. The van der Waals surface area contributed by atoms with Crippen molar-refractivity contribution in [2.24, 2.45) is 0 Å². The van der Waals surface area contributed by atoms with E-state index in [0.717, 1.165) is 37.5 Å². The molecule has 0 aliphatic carbocycles. The van der Waals surface area contributed by atoms with Crippen molar-refractivity contribution in [2.45, 2.75) is 26.8 Å². The van der Waals surface area contributed by atoms with Gasteiger partial charge in [0.25, 0.3) is 0 Å². The molecule has 0 aromatic heterocycles. The number of ether oxygens (including phenoxy) is 1. The van der Waals surface area contributed by atoms with Crippen molar-refractivity contribution in [2.75, 3.05) is 44.7 Å². The van der Waals surface area contributed by atoms with Crippen LogP contribution in [0.2, 0.25) is 0 Å². The van der Waals surface area contributed by atoms with E-state index in [-0.39, 0.29) is 11.9 Å². The number of anilines is 1. The van der Waals surface area contributed by atoms with E-state index in [2.05, 4.69) is 59.3 Å². The molecule has 1 saturated heterocycles. The second kappa shape index (κ2) is 9.11. The monoisotopic (exact) mass is 381 g/mol. The molecule has 1 aliphatic rings. The molecule has 28 heavy (non-hydrogen) atoms. The molecule has 1 amide bonds. The minimum absolute atomic E-state index is 0.0207. The van der Waals surface area contributed by atoms with Crippen molar-refractivity contribution >= 4 is 11.6 Å². The Bertz CT molecular complexity index is 796. The zero-order chi connectivity index (χ0) is 20.1. The zero-order valence-corrected chi connectivity index (χ0v) is 17.4. The van der Waals surface area contributed by atoms with E-state index in [4.69, 9.17) is 4.74 Å². The maximum atomic E-state index is 12.5. The highest BCUT2D eigenvalue weighted by Gasteiger charge is 2.20. The Morgan fingerprint density at radius 3 is 2.32 bits per heavy atom. The summed E-state index contributed by atoms with van der Waals surface area (Å²) >= 11 is 0. The summed E-state index contributed by atoms with van der Waals surface area (Å²) in [5.41, 5.74) is 4.89. The SMILES string of the molecule is COc1ccc(N2CCN(CC(=O)NC(C)c3ccc(C)c(C)c3)CC2)cc1. The van der Waals surface area contributed by atoms with Gasteiger partial charge in [-0.15, -0.1) is 0 Å². The molecular formula is C23H31N3O2. The zero-order valence-electron chi connectivity index (χ0n) is 17.4. The molecule has 2 aromatic rings. The van der Waals surface area contributed by atoms with Gasteiger partial charge in [0.1, 0.15) is 5.75 Å². The van der Waals surface area contributed by atoms with Crippen LogP contribution in [-0.2, 0) is 4.79 Å². The van der Waals surface area contributed by atoms with Crippen molar-refractivity contribution in [3.05, 3.63) is 59.2 Å². The van der Waals surface area contributed by atoms with Crippen LogP contribution in [0.15, 0.2) is 42.5 Å². The first-order valence-corrected chi connectivity index (χ1v) is 9.94. The van der Waals surface area contributed by atoms with Crippen LogP contribution >= 0.6 is 0 Å². The van der Waals surface area contributed by atoms with Gasteiger partial charge in [0, 0.05) is 31.9 Å². The average molecular weight is 382 g/mol. The fourth-order valence-electron chi connectivity index (χ4n) is 3.56. The molecule has 1 atom stereocenters. The molecule has 5 heteroatoms. The van der Waals surface area contributed by atoms with Gasteiger partial charge >= 0.3 is 0 Å². The molecule has 1 N–H and O–H groups in total. The Labute approximate surface area is 168 Å². The minimum Gasteiger partial charge on any atom is -0.497 e. The third kappa shape index (κ3) is 5.04. The molecule has 0 radical (unpaired) electrons. The van der Waals surface area contributed by atoms with E-state index < -0.39 is 0 Å². The Kier molecular flexibility index (Phi) is 6.57. The number of carbonyl (C=O) groups excluding carboxylic acids is 1. The number of piperazine rings is 1. The predicted molar refractivity (Wildman–Crippen MR) is 114 cm³/mol. The van der Waals surface area contributed by atoms with Crippen LogP contribution in [-0.4, -0.2) is 50.6 Å². The number of hydrogen-bond acceptors (Lipinski definition) is 4. The van der Waals surface area contributed by atoms with Gasteiger partial charge in [-0.05, 0) is 61.7 Å². The van der Waals surface area contributed by atoms with Gasteiger partial charge in [0.15, 0.2) is 0 Å². The quantitative estimate of drug-likeness (QED) is 0.834. The van der Waals surface area contributed by atoms with E-state index in [0.29, 0.717) is 6.54 Å². The van der Waals surface area contributed by atoms with Crippen molar-refractivity contribution in [3.8, 4) is 5.75 Å². The molecule has 1 unspecified atom stereocenters. The third-order valence-electron chi connectivity index (χ3n) is 5.59. The minimum atomic E-state index is 0.0207. The summed E-state index contributed by atoms with van der Waals surface area (Å²) in [6.45, 7) is 10.3. The standard InChI is InChI=1S/C23H31N3O2/c1-17-5-6-20(15-18(17)2)19(3)24-23(27)16-25-11-13-26(14-12-25)21-7-9-22(28-4)10-8-21/h5-10,15,19H,11-14,16H2,1-4H3,(H,24,27). The van der Waals surface area contributed by atoms with Gasteiger partial charge in [-0.1, -0.05) is 18.2 Å². The molecule has 150 valence electrons. The normalized spacial score (nSPS) is 15.9. The van der Waals surface area contributed by atoms with Gasteiger partial charge < -0.3 is 15.0 Å². The second-order valence-electron chi connectivity index (χ2n) is 7.59. The number of amides is 1. The van der Waals surface area contributed by atoms with Crippen LogP contribution < -0.4 is 15.0 Å². The van der Waals surface area contributed by atoms with Crippen molar-refractivity contribution in [1.29, 1.82) is 0 Å². The number of rotatable bonds is 6. The van der Waals surface area contributed by atoms with Crippen molar-refractivity contribution in [3.63, 3.8) is 0 Å². The molecule has 5 nitrogen and oxygen atoms in total. The fourth-order valence-corrected chi connectivity index (χ4v) is 3.56. The van der Waals surface area contributed by atoms with E-state index in [1.807, 2.05) is 19.1 Å². The largest absolute Gasteiger partial charge is 0.497 e. The summed E-state index contributed by atoms with van der Waals surface area (Å²) in [6, 6.07) is 14.6.